The molecule has 1 aromatic rings. The molecule has 0 aliphatic heterocycles. The topological polar surface area (TPSA) is 72.2 Å². The third-order valence-electron chi connectivity index (χ3n) is 3.12. The molecule has 0 bridgehead atoms. The quantitative estimate of drug-likeness (QED) is 0.831. The maximum atomic E-state index is 13.0. The lowest BCUT2D eigenvalue weighted by Crippen LogP contribution is -2.48. The highest BCUT2D eigenvalue weighted by atomic mass is 19.1. The van der Waals surface area contributed by atoms with Crippen LogP contribution >= 0.6 is 0 Å². The van der Waals surface area contributed by atoms with Crippen LogP contribution in [0.5, 0.6) is 0 Å². The van der Waals surface area contributed by atoms with Gasteiger partial charge in [-0.2, -0.15) is 0 Å². The summed E-state index contributed by atoms with van der Waals surface area (Å²) in [5, 5.41) is 2.50. The largest absolute Gasteiger partial charge is 0.368 e. The first-order valence-electron chi connectivity index (χ1n) is 6.37. The summed E-state index contributed by atoms with van der Waals surface area (Å²) in [6.07, 6.45) is 0.456. The van der Waals surface area contributed by atoms with Gasteiger partial charge >= 0.3 is 0 Å². The van der Waals surface area contributed by atoms with Crippen molar-refractivity contribution in [1.29, 1.82) is 0 Å². The second kappa shape index (κ2) is 6.98. The molecule has 0 saturated carbocycles. The van der Waals surface area contributed by atoms with Gasteiger partial charge < -0.3 is 11.1 Å². The normalized spacial score (nSPS) is 13.6. The number of nitrogens with one attached hydrogen (secondary N) is 1. The van der Waals surface area contributed by atoms with Crippen molar-refractivity contribution in [3.05, 3.63) is 35.4 Å². The molecule has 0 saturated heterocycles. The Bertz CT molecular complexity index is 486. The van der Waals surface area contributed by atoms with Gasteiger partial charge in [0.15, 0.2) is 0 Å². The molecule has 110 valence electrons. The zero-order valence-electron chi connectivity index (χ0n) is 11.5. The van der Waals surface area contributed by atoms with E-state index in [1.807, 2.05) is 6.92 Å². The minimum atomic E-state index is -0.786. The first kappa shape index (κ1) is 16.1. The molecule has 0 radical (unpaired) electrons. The van der Waals surface area contributed by atoms with Gasteiger partial charge in [-0.15, -0.1) is 0 Å². The van der Waals surface area contributed by atoms with E-state index < -0.39 is 29.5 Å². The fourth-order valence-corrected chi connectivity index (χ4v) is 1.85. The van der Waals surface area contributed by atoms with Gasteiger partial charge in [0, 0.05) is 6.07 Å². The second-order valence-electron chi connectivity index (χ2n) is 4.79. The molecular formula is C14H18F2N2O2. The number of halogens is 2. The van der Waals surface area contributed by atoms with Gasteiger partial charge in [0.05, 0.1) is 6.42 Å². The van der Waals surface area contributed by atoms with Crippen LogP contribution in [0.15, 0.2) is 18.2 Å². The summed E-state index contributed by atoms with van der Waals surface area (Å²) in [7, 11) is 0. The van der Waals surface area contributed by atoms with Gasteiger partial charge in [0.1, 0.15) is 17.7 Å². The number of benzene rings is 1. The summed E-state index contributed by atoms with van der Waals surface area (Å²) in [6.45, 7) is 3.66. The SMILES string of the molecule is CC[C@H](C)[C@@H](NC(=O)Cc1cc(F)cc(F)c1)C(N)=O. The maximum absolute atomic E-state index is 13.0. The van der Waals surface area contributed by atoms with Gasteiger partial charge in [-0.05, 0) is 23.6 Å². The Morgan fingerprint density at radius 2 is 1.80 bits per heavy atom. The minimum absolute atomic E-state index is 0.110. The van der Waals surface area contributed by atoms with E-state index in [1.54, 1.807) is 6.92 Å². The van der Waals surface area contributed by atoms with E-state index in [0.29, 0.717) is 6.42 Å². The molecule has 1 aromatic carbocycles. The Kier molecular flexibility index (Phi) is 5.61. The van der Waals surface area contributed by atoms with Crippen LogP contribution in [0.2, 0.25) is 0 Å². The van der Waals surface area contributed by atoms with Crippen molar-refractivity contribution in [3.63, 3.8) is 0 Å². The first-order valence-corrected chi connectivity index (χ1v) is 6.37. The van der Waals surface area contributed by atoms with E-state index in [9.17, 15) is 18.4 Å². The van der Waals surface area contributed by atoms with Crippen LogP contribution in [0, 0.1) is 17.6 Å². The van der Waals surface area contributed by atoms with Crippen molar-refractivity contribution in [2.24, 2.45) is 11.7 Å². The summed E-state index contributed by atoms with van der Waals surface area (Å²) < 4.78 is 26.0. The number of hydrogen-bond donors (Lipinski definition) is 2. The number of rotatable bonds is 6. The Labute approximate surface area is 116 Å². The van der Waals surface area contributed by atoms with Crippen LogP contribution in [0.4, 0.5) is 8.78 Å². The Hall–Kier alpha value is -1.98. The van der Waals surface area contributed by atoms with Crippen molar-refractivity contribution in [2.45, 2.75) is 32.7 Å². The van der Waals surface area contributed by atoms with Crippen molar-refractivity contribution >= 4 is 11.8 Å². The second-order valence-corrected chi connectivity index (χ2v) is 4.79. The van der Waals surface area contributed by atoms with Gasteiger partial charge in [-0.3, -0.25) is 9.59 Å². The van der Waals surface area contributed by atoms with E-state index in [0.717, 1.165) is 18.2 Å². The predicted octanol–water partition coefficient (Wildman–Crippen LogP) is 1.52. The van der Waals surface area contributed by atoms with Gasteiger partial charge in [-0.1, -0.05) is 20.3 Å². The average Bonchev–Trinajstić information content (AvgIpc) is 2.33. The number of primary amides is 1. The van der Waals surface area contributed by atoms with Crippen molar-refractivity contribution in [1.82, 2.24) is 5.32 Å². The number of carbonyl (C=O) groups is 2. The van der Waals surface area contributed by atoms with Crippen LogP contribution in [0.3, 0.4) is 0 Å². The Morgan fingerprint density at radius 1 is 1.25 bits per heavy atom. The highest BCUT2D eigenvalue weighted by Gasteiger charge is 2.23. The van der Waals surface area contributed by atoms with Crippen LogP contribution in [-0.2, 0) is 16.0 Å². The molecule has 0 unspecified atom stereocenters. The van der Waals surface area contributed by atoms with Crippen molar-refractivity contribution < 1.29 is 18.4 Å². The predicted molar refractivity (Wildman–Crippen MR) is 70.6 cm³/mol. The summed E-state index contributed by atoms with van der Waals surface area (Å²) >= 11 is 0. The molecular weight excluding hydrogens is 266 g/mol. The minimum Gasteiger partial charge on any atom is -0.368 e. The summed E-state index contributed by atoms with van der Waals surface area (Å²) in [4.78, 5) is 23.1. The van der Waals surface area contributed by atoms with E-state index in [1.165, 1.54) is 0 Å². The molecule has 0 fully saturated rings. The molecule has 0 aliphatic rings. The van der Waals surface area contributed by atoms with E-state index in [2.05, 4.69) is 5.32 Å². The maximum Gasteiger partial charge on any atom is 0.240 e. The zero-order chi connectivity index (χ0) is 15.3. The molecule has 1 rings (SSSR count). The van der Waals surface area contributed by atoms with Crippen LogP contribution in [0.25, 0.3) is 0 Å². The first-order chi connectivity index (χ1) is 9.33. The number of hydrogen-bond acceptors (Lipinski definition) is 2. The molecule has 2 atom stereocenters. The highest BCUT2D eigenvalue weighted by molar-refractivity contribution is 5.87. The molecule has 20 heavy (non-hydrogen) atoms. The van der Waals surface area contributed by atoms with Crippen LogP contribution in [-0.4, -0.2) is 17.9 Å². The highest BCUT2D eigenvalue weighted by Crippen LogP contribution is 2.10. The van der Waals surface area contributed by atoms with E-state index in [-0.39, 0.29) is 17.9 Å². The lowest BCUT2D eigenvalue weighted by molar-refractivity contribution is -0.128. The average molecular weight is 284 g/mol. The molecule has 0 heterocycles. The number of nitrogens with two attached hydrogens (primary N) is 1. The van der Waals surface area contributed by atoms with Crippen LogP contribution in [0.1, 0.15) is 25.8 Å². The molecule has 2 amide bonds. The molecule has 0 aromatic heterocycles. The van der Waals surface area contributed by atoms with Gasteiger partial charge in [0.25, 0.3) is 0 Å². The fraction of sp³-hybridized carbons (Fsp3) is 0.429. The molecule has 4 nitrogen and oxygen atoms in total. The van der Waals surface area contributed by atoms with Gasteiger partial charge in [0.2, 0.25) is 11.8 Å². The zero-order valence-corrected chi connectivity index (χ0v) is 11.5. The molecule has 0 aliphatic carbocycles. The Morgan fingerprint density at radius 3 is 2.25 bits per heavy atom. The smallest absolute Gasteiger partial charge is 0.240 e. The molecule has 3 N–H and O–H groups in total. The summed E-state index contributed by atoms with van der Waals surface area (Å²) in [5.41, 5.74) is 5.43. The summed E-state index contributed by atoms with van der Waals surface area (Å²) in [5.74, 6) is -2.74. The molecule has 6 heteroatoms. The number of carbonyl (C=O) groups excluding carboxylic acids is 2. The Balaban J connectivity index is 2.73. The third-order valence-corrected chi connectivity index (χ3v) is 3.12. The third kappa shape index (κ3) is 4.60. The van der Waals surface area contributed by atoms with E-state index in [4.69, 9.17) is 5.73 Å². The fourth-order valence-electron chi connectivity index (χ4n) is 1.85. The van der Waals surface area contributed by atoms with Crippen molar-refractivity contribution in [3.8, 4) is 0 Å². The van der Waals surface area contributed by atoms with Crippen molar-refractivity contribution in [2.75, 3.05) is 0 Å². The molecule has 0 spiro atoms. The monoisotopic (exact) mass is 284 g/mol. The van der Waals surface area contributed by atoms with Crippen LogP contribution < -0.4 is 11.1 Å². The number of amides is 2. The standard InChI is InChI=1S/C14H18F2N2O2/c1-3-8(2)13(14(17)20)18-12(19)6-9-4-10(15)7-11(16)5-9/h4-5,7-8,13H,3,6H2,1-2H3,(H2,17,20)(H,18,19)/t8-,13+/m0/s1. The lowest BCUT2D eigenvalue weighted by atomic mass is 9.98. The lowest BCUT2D eigenvalue weighted by Gasteiger charge is -2.21. The van der Waals surface area contributed by atoms with E-state index >= 15 is 0 Å². The van der Waals surface area contributed by atoms with Gasteiger partial charge in [-0.25, -0.2) is 8.78 Å². The summed E-state index contributed by atoms with van der Waals surface area (Å²) in [6, 6.07) is 2.09.